The van der Waals surface area contributed by atoms with E-state index in [-0.39, 0.29) is 18.4 Å². The quantitative estimate of drug-likeness (QED) is 0.734. The highest BCUT2D eigenvalue weighted by molar-refractivity contribution is 5.92. The van der Waals surface area contributed by atoms with E-state index in [1.165, 1.54) is 0 Å². The topological polar surface area (TPSA) is 61.4 Å². The van der Waals surface area contributed by atoms with Gasteiger partial charge in [0.2, 0.25) is 5.91 Å². The molecule has 1 atom stereocenters. The zero-order valence-corrected chi connectivity index (χ0v) is 9.78. The van der Waals surface area contributed by atoms with Crippen molar-refractivity contribution in [2.45, 2.75) is 19.4 Å². The molecule has 1 aliphatic rings. The minimum Gasteiger partial charge on any atom is -0.392 e. The third-order valence-corrected chi connectivity index (χ3v) is 3.07. The number of anilines is 1. The Morgan fingerprint density at radius 2 is 2.18 bits per heavy atom. The molecule has 0 spiro atoms. The van der Waals surface area contributed by atoms with Crippen molar-refractivity contribution in [1.29, 1.82) is 0 Å². The number of hydrogen-bond donors (Lipinski definition) is 3. The molecule has 2 rings (SSSR count). The van der Waals surface area contributed by atoms with Gasteiger partial charge in [-0.05, 0) is 37.1 Å². The van der Waals surface area contributed by atoms with Crippen LogP contribution in [0.1, 0.15) is 18.4 Å². The molecule has 1 aromatic carbocycles. The van der Waals surface area contributed by atoms with Gasteiger partial charge in [0.1, 0.15) is 0 Å². The Labute approximate surface area is 101 Å². The lowest BCUT2D eigenvalue weighted by Gasteiger charge is -2.21. The molecule has 3 N–H and O–H groups in total. The summed E-state index contributed by atoms with van der Waals surface area (Å²) in [5, 5.41) is 15.0. The normalized spacial score (nSPS) is 19.9. The van der Waals surface area contributed by atoms with Gasteiger partial charge in [-0.2, -0.15) is 0 Å². The molecule has 1 saturated heterocycles. The van der Waals surface area contributed by atoms with Crippen LogP contribution in [0.15, 0.2) is 24.3 Å². The third-order valence-electron chi connectivity index (χ3n) is 3.07. The number of hydrogen-bond acceptors (Lipinski definition) is 3. The number of carbonyl (C=O) groups excluding carboxylic acids is 1. The fraction of sp³-hybridized carbons (Fsp3) is 0.462. The van der Waals surface area contributed by atoms with E-state index in [0.717, 1.165) is 37.2 Å². The predicted octanol–water partition coefficient (Wildman–Crippen LogP) is 1.12. The third kappa shape index (κ3) is 3.28. The smallest absolute Gasteiger partial charge is 0.228 e. The maximum absolute atomic E-state index is 11.9. The van der Waals surface area contributed by atoms with Gasteiger partial charge in [0.15, 0.2) is 0 Å². The van der Waals surface area contributed by atoms with Crippen LogP contribution in [0, 0.1) is 5.92 Å². The van der Waals surface area contributed by atoms with Gasteiger partial charge in [-0.25, -0.2) is 0 Å². The van der Waals surface area contributed by atoms with Gasteiger partial charge in [0, 0.05) is 12.2 Å². The summed E-state index contributed by atoms with van der Waals surface area (Å²) in [5.41, 5.74) is 1.64. The second-order valence-corrected chi connectivity index (χ2v) is 4.39. The molecule has 1 amide bonds. The number of aliphatic hydroxyl groups excluding tert-OH is 1. The minimum absolute atomic E-state index is 0.0285. The lowest BCUT2D eigenvalue weighted by Crippen LogP contribution is -2.37. The Kier molecular flexibility index (Phi) is 4.12. The predicted molar refractivity (Wildman–Crippen MR) is 66.6 cm³/mol. The summed E-state index contributed by atoms with van der Waals surface area (Å²) >= 11 is 0. The van der Waals surface area contributed by atoms with E-state index < -0.39 is 0 Å². The molecule has 0 bridgehead atoms. The number of nitrogens with one attached hydrogen (secondary N) is 2. The highest BCUT2D eigenvalue weighted by Gasteiger charge is 2.20. The van der Waals surface area contributed by atoms with Crippen molar-refractivity contribution in [3.63, 3.8) is 0 Å². The summed E-state index contributed by atoms with van der Waals surface area (Å²) in [5.74, 6) is 0.148. The van der Waals surface area contributed by atoms with Gasteiger partial charge >= 0.3 is 0 Å². The minimum atomic E-state index is 0.0285. The van der Waals surface area contributed by atoms with Crippen LogP contribution in [0.25, 0.3) is 0 Å². The Hall–Kier alpha value is -1.39. The van der Waals surface area contributed by atoms with E-state index >= 15 is 0 Å². The monoisotopic (exact) mass is 234 g/mol. The van der Waals surface area contributed by atoms with E-state index in [0.29, 0.717) is 0 Å². The number of rotatable bonds is 3. The summed E-state index contributed by atoms with van der Waals surface area (Å²) in [6, 6.07) is 7.27. The molecule has 0 aromatic heterocycles. The molecule has 0 saturated carbocycles. The zero-order chi connectivity index (χ0) is 12.1. The van der Waals surface area contributed by atoms with E-state index in [1.54, 1.807) is 0 Å². The standard InChI is InChI=1S/C13H18N2O2/c16-9-10-3-5-12(6-4-10)15-13(17)11-2-1-7-14-8-11/h3-6,11,14,16H,1-2,7-9H2,(H,15,17). The first-order chi connectivity index (χ1) is 8.29. The molecule has 1 heterocycles. The van der Waals surface area contributed by atoms with E-state index in [1.807, 2.05) is 24.3 Å². The number of carbonyl (C=O) groups is 1. The van der Waals surface area contributed by atoms with Crippen LogP contribution in [0.2, 0.25) is 0 Å². The average Bonchev–Trinajstić information content (AvgIpc) is 2.40. The number of amides is 1. The molecule has 1 unspecified atom stereocenters. The van der Waals surface area contributed by atoms with Gasteiger partial charge in [0.05, 0.1) is 12.5 Å². The molecule has 0 radical (unpaired) electrons. The number of aliphatic hydroxyl groups is 1. The van der Waals surface area contributed by atoms with E-state index in [4.69, 9.17) is 5.11 Å². The molecule has 4 heteroatoms. The van der Waals surface area contributed by atoms with Gasteiger partial charge < -0.3 is 15.7 Å². The van der Waals surface area contributed by atoms with Crippen molar-refractivity contribution < 1.29 is 9.90 Å². The van der Waals surface area contributed by atoms with Crippen LogP contribution in [0.4, 0.5) is 5.69 Å². The van der Waals surface area contributed by atoms with Crippen LogP contribution in [-0.2, 0) is 11.4 Å². The first-order valence-electron chi connectivity index (χ1n) is 6.01. The van der Waals surface area contributed by atoms with Crippen molar-refractivity contribution in [3.05, 3.63) is 29.8 Å². The maximum Gasteiger partial charge on any atom is 0.228 e. The Morgan fingerprint density at radius 1 is 1.41 bits per heavy atom. The molecule has 1 fully saturated rings. The van der Waals surface area contributed by atoms with Crippen molar-refractivity contribution >= 4 is 11.6 Å². The molecule has 4 nitrogen and oxygen atoms in total. The van der Waals surface area contributed by atoms with Crippen LogP contribution in [-0.4, -0.2) is 24.1 Å². The molecule has 92 valence electrons. The second-order valence-electron chi connectivity index (χ2n) is 4.39. The van der Waals surface area contributed by atoms with Crippen molar-refractivity contribution in [1.82, 2.24) is 5.32 Å². The lowest BCUT2D eigenvalue weighted by atomic mass is 9.99. The molecular formula is C13H18N2O2. The summed E-state index contributed by atoms with van der Waals surface area (Å²) in [4.78, 5) is 11.9. The Morgan fingerprint density at radius 3 is 2.76 bits per heavy atom. The Balaban J connectivity index is 1.92. The van der Waals surface area contributed by atoms with Crippen LogP contribution in [0.3, 0.4) is 0 Å². The zero-order valence-electron chi connectivity index (χ0n) is 9.78. The van der Waals surface area contributed by atoms with Gasteiger partial charge in [-0.3, -0.25) is 4.79 Å². The Bertz CT molecular complexity index is 370. The fourth-order valence-corrected chi connectivity index (χ4v) is 2.01. The van der Waals surface area contributed by atoms with Crippen molar-refractivity contribution in [2.24, 2.45) is 5.92 Å². The largest absolute Gasteiger partial charge is 0.392 e. The van der Waals surface area contributed by atoms with E-state index in [9.17, 15) is 4.79 Å². The SMILES string of the molecule is O=C(Nc1ccc(CO)cc1)C1CCCNC1. The van der Waals surface area contributed by atoms with Gasteiger partial charge in [0.25, 0.3) is 0 Å². The second kappa shape index (κ2) is 5.80. The maximum atomic E-state index is 11.9. The van der Waals surface area contributed by atoms with E-state index in [2.05, 4.69) is 10.6 Å². The van der Waals surface area contributed by atoms with Crippen LogP contribution < -0.4 is 10.6 Å². The molecule has 0 aliphatic carbocycles. The summed E-state index contributed by atoms with van der Waals surface area (Å²) in [7, 11) is 0. The van der Waals surface area contributed by atoms with Crippen LogP contribution in [0.5, 0.6) is 0 Å². The lowest BCUT2D eigenvalue weighted by molar-refractivity contribution is -0.120. The first-order valence-corrected chi connectivity index (χ1v) is 6.01. The summed E-state index contributed by atoms with van der Waals surface area (Å²) in [6.45, 7) is 1.80. The molecule has 1 aliphatic heterocycles. The first kappa shape index (κ1) is 12.1. The molecular weight excluding hydrogens is 216 g/mol. The highest BCUT2D eigenvalue weighted by Crippen LogP contribution is 2.15. The highest BCUT2D eigenvalue weighted by atomic mass is 16.3. The van der Waals surface area contributed by atoms with Crippen LogP contribution >= 0.6 is 0 Å². The van der Waals surface area contributed by atoms with Crippen molar-refractivity contribution in [3.8, 4) is 0 Å². The van der Waals surface area contributed by atoms with Crippen molar-refractivity contribution in [2.75, 3.05) is 18.4 Å². The summed E-state index contributed by atoms with van der Waals surface area (Å²) < 4.78 is 0. The fourth-order valence-electron chi connectivity index (χ4n) is 2.01. The number of benzene rings is 1. The molecule has 17 heavy (non-hydrogen) atoms. The van der Waals surface area contributed by atoms with Gasteiger partial charge in [-0.15, -0.1) is 0 Å². The van der Waals surface area contributed by atoms with Gasteiger partial charge in [-0.1, -0.05) is 12.1 Å². The number of piperidine rings is 1. The molecule has 1 aromatic rings. The average molecular weight is 234 g/mol. The summed E-state index contributed by atoms with van der Waals surface area (Å²) in [6.07, 6.45) is 2.01.